The van der Waals surface area contributed by atoms with E-state index in [1.807, 2.05) is 31.2 Å². The van der Waals surface area contributed by atoms with Crippen molar-refractivity contribution in [2.45, 2.75) is 13.5 Å². The summed E-state index contributed by atoms with van der Waals surface area (Å²) in [6, 6.07) is 12.7. The molecule has 0 saturated heterocycles. The molecular weight excluding hydrogens is 334 g/mol. The van der Waals surface area contributed by atoms with Crippen molar-refractivity contribution in [3.05, 3.63) is 57.1 Å². The zero-order valence-electron chi connectivity index (χ0n) is 11.3. The fourth-order valence-electron chi connectivity index (χ4n) is 2.37. The van der Waals surface area contributed by atoms with Crippen LogP contribution in [-0.4, -0.2) is 14.5 Å². The maximum absolute atomic E-state index is 10.9. The monoisotopic (exact) mass is 345 g/mol. The first-order valence-electron chi connectivity index (χ1n) is 6.50. The molecule has 2 aromatic carbocycles. The Balaban J connectivity index is 2.22. The van der Waals surface area contributed by atoms with E-state index in [1.165, 1.54) is 12.1 Å². The van der Waals surface area contributed by atoms with Crippen molar-refractivity contribution in [2.24, 2.45) is 0 Å². The Kier molecular flexibility index (Phi) is 3.47. The quantitative estimate of drug-likeness (QED) is 0.522. The van der Waals surface area contributed by atoms with Crippen LogP contribution >= 0.6 is 15.9 Å². The van der Waals surface area contributed by atoms with Crippen LogP contribution in [0.4, 0.5) is 5.69 Å². The number of hydrogen-bond donors (Lipinski definition) is 0. The van der Waals surface area contributed by atoms with E-state index in [2.05, 4.69) is 25.5 Å². The molecule has 0 aliphatic heterocycles. The highest BCUT2D eigenvalue weighted by molar-refractivity contribution is 9.10. The molecule has 0 aliphatic carbocycles. The summed E-state index contributed by atoms with van der Waals surface area (Å²) in [5, 5.41) is 10.9. The van der Waals surface area contributed by atoms with E-state index in [9.17, 15) is 10.1 Å². The van der Waals surface area contributed by atoms with E-state index in [-0.39, 0.29) is 5.69 Å². The average Bonchev–Trinajstić information content (AvgIpc) is 2.85. The number of imidazole rings is 1. The number of aromatic nitrogens is 2. The first-order chi connectivity index (χ1) is 10.1. The van der Waals surface area contributed by atoms with Gasteiger partial charge in [0.25, 0.3) is 5.69 Å². The molecule has 1 heterocycles. The highest BCUT2D eigenvalue weighted by atomic mass is 79.9. The van der Waals surface area contributed by atoms with Gasteiger partial charge in [0.2, 0.25) is 0 Å². The lowest BCUT2D eigenvalue weighted by Crippen LogP contribution is -1.97. The van der Waals surface area contributed by atoms with Crippen molar-refractivity contribution in [1.82, 2.24) is 9.55 Å². The van der Waals surface area contributed by atoms with Gasteiger partial charge in [-0.25, -0.2) is 4.98 Å². The second-order valence-electron chi connectivity index (χ2n) is 4.62. The third-order valence-electron chi connectivity index (χ3n) is 3.36. The van der Waals surface area contributed by atoms with Crippen LogP contribution in [0.25, 0.3) is 22.4 Å². The molecule has 0 spiro atoms. The van der Waals surface area contributed by atoms with Crippen molar-refractivity contribution >= 4 is 32.7 Å². The van der Waals surface area contributed by atoms with Crippen molar-refractivity contribution in [3.8, 4) is 11.4 Å². The SMILES string of the molecule is CCn1c(-c2ccc(Br)cc2)nc2cc([N+](=O)[O-])ccc21. The molecule has 3 aromatic rings. The van der Waals surface area contributed by atoms with Gasteiger partial charge in [0, 0.05) is 28.7 Å². The third-order valence-corrected chi connectivity index (χ3v) is 3.89. The molecule has 0 atom stereocenters. The molecule has 1 aromatic heterocycles. The molecule has 106 valence electrons. The number of nitro groups is 1. The zero-order valence-corrected chi connectivity index (χ0v) is 12.9. The molecule has 0 bridgehead atoms. The molecule has 3 rings (SSSR count). The minimum atomic E-state index is -0.399. The lowest BCUT2D eigenvalue weighted by molar-refractivity contribution is -0.384. The second kappa shape index (κ2) is 5.29. The van der Waals surface area contributed by atoms with Gasteiger partial charge in [-0.05, 0) is 25.1 Å². The number of aryl methyl sites for hydroxylation is 1. The van der Waals surface area contributed by atoms with Crippen LogP contribution in [-0.2, 0) is 6.54 Å². The molecular formula is C15H12BrN3O2. The van der Waals surface area contributed by atoms with Gasteiger partial charge in [0.1, 0.15) is 5.82 Å². The normalized spacial score (nSPS) is 11.0. The molecule has 0 radical (unpaired) electrons. The van der Waals surface area contributed by atoms with E-state index >= 15 is 0 Å². The number of hydrogen-bond acceptors (Lipinski definition) is 3. The zero-order chi connectivity index (χ0) is 15.0. The minimum absolute atomic E-state index is 0.0607. The molecule has 0 amide bonds. The van der Waals surface area contributed by atoms with Crippen LogP contribution in [0.15, 0.2) is 46.9 Å². The lowest BCUT2D eigenvalue weighted by Gasteiger charge is -2.06. The van der Waals surface area contributed by atoms with Crippen molar-refractivity contribution in [1.29, 1.82) is 0 Å². The summed E-state index contributed by atoms with van der Waals surface area (Å²) < 4.78 is 3.06. The van der Waals surface area contributed by atoms with Gasteiger partial charge in [0.05, 0.1) is 16.0 Å². The summed E-state index contributed by atoms with van der Waals surface area (Å²) in [4.78, 5) is 15.0. The maximum atomic E-state index is 10.9. The number of halogens is 1. The molecule has 5 nitrogen and oxygen atoms in total. The Morgan fingerprint density at radius 1 is 1.24 bits per heavy atom. The first-order valence-corrected chi connectivity index (χ1v) is 7.30. The highest BCUT2D eigenvalue weighted by Crippen LogP contribution is 2.28. The van der Waals surface area contributed by atoms with Crippen LogP contribution < -0.4 is 0 Å². The fourth-order valence-corrected chi connectivity index (χ4v) is 2.64. The predicted molar refractivity (Wildman–Crippen MR) is 85.2 cm³/mol. The van der Waals surface area contributed by atoms with Gasteiger partial charge in [-0.15, -0.1) is 0 Å². The van der Waals surface area contributed by atoms with Crippen molar-refractivity contribution < 1.29 is 4.92 Å². The van der Waals surface area contributed by atoms with Gasteiger partial charge in [-0.1, -0.05) is 28.1 Å². The lowest BCUT2D eigenvalue weighted by atomic mass is 10.2. The van der Waals surface area contributed by atoms with Crippen LogP contribution in [0.2, 0.25) is 0 Å². The Morgan fingerprint density at radius 2 is 1.95 bits per heavy atom. The van der Waals surface area contributed by atoms with Gasteiger partial charge in [-0.3, -0.25) is 10.1 Å². The van der Waals surface area contributed by atoms with Crippen LogP contribution in [0.5, 0.6) is 0 Å². The predicted octanol–water partition coefficient (Wildman–Crippen LogP) is 4.39. The van der Waals surface area contributed by atoms with Crippen LogP contribution in [0, 0.1) is 10.1 Å². The number of nitro benzene ring substituents is 1. The molecule has 0 saturated carbocycles. The Labute approximate surface area is 129 Å². The van der Waals surface area contributed by atoms with Gasteiger partial charge < -0.3 is 4.57 Å². The van der Waals surface area contributed by atoms with Crippen LogP contribution in [0.3, 0.4) is 0 Å². The summed E-state index contributed by atoms with van der Waals surface area (Å²) >= 11 is 3.41. The van der Waals surface area contributed by atoms with E-state index in [0.29, 0.717) is 5.52 Å². The largest absolute Gasteiger partial charge is 0.324 e. The standard InChI is InChI=1S/C15H12BrN3O2/c1-2-18-14-8-7-12(19(20)21)9-13(14)17-15(18)10-3-5-11(16)6-4-10/h3-9H,2H2,1H3. The summed E-state index contributed by atoms with van der Waals surface area (Å²) in [5.74, 6) is 0.820. The average molecular weight is 346 g/mol. The van der Waals surface area contributed by atoms with Crippen LogP contribution in [0.1, 0.15) is 6.92 Å². The Bertz CT molecular complexity index is 825. The number of nitrogens with zero attached hydrogens (tertiary/aromatic N) is 3. The maximum Gasteiger partial charge on any atom is 0.271 e. The molecule has 0 N–H and O–H groups in total. The smallest absolute Gasteiger partial charge is 0.271 e. The third kappa shape index (κ3) is 2.42. The molecule has 0 unspecified atom stereocenters. The Hall–Kier alpha value is -2.21. The molecule has 6 heteroatoms. The first kappa shape index (κ1) is 13.8. The molecule has 21 heavy (non-hydrogen) atoms. The number of rotatable bonds is 3. The second-order valence-corrected chi connectivity index (χ2v) is 5.53. The van der Waals surface area contributed by atoms with E-state index < -0.39 is 4.92 Å². The summed E-state index contributed by atoms with van der Waals surface area (Å²) in [6.45, 7) is 2.78. The van der Waals surface area contributed by atoms with Gasteiger partial charge in [-0.2, -0.15) is 0 Å². The molecule has 0 fully saturated rings. The van der Waals surface area contributed by atoms with Gasteiger partial charge in [0.15, 0.2) is 0 Å². The minimum Gasteiger partial charge on any atom is -0.324 e. The number of benzene rings is 2. The van der Waals surface area contributed by atoms with E-state index in [0.717, 1.165) is 27.9 Å². The Morgan fingerprint density at radius 3 is 2.57 bits per heavy atom. The summed E-state index contributed by atoms with van der Waals surface area (Å²) in [5.41, 5.74) is 2.59. The topological polar surface area (TPSA) is 61.0 Å². The van der Waals surface area contributed by atoms with Crippen molar-refractivity contribution in [2.75, 3.05) is 0 Å². The fraction of sp³-hybridized carbons (Fsp3) is 0.133. The summed E-state index contributed by atoms with van der Waals surface area (Å²) in [7, 11) is 0. The highest BCUT2D eigenvalue weighted by Gasteiger charge is 2.14. The summed E-state index contributed by atoms with van der Waals surface area (Å²) in [6.07, 6.45) is 0. The number of fused-ring (bicyclic) bond motifs is 1. The number of non-ortho nitro benzene ring substituents is 1. The molecule has 0 aliphatic rings. The van der Waals surface area contributed by atoms with E-state index in [4.69, 9.17) is 0 Å². The van der Waals surface area contributed by atoms with Crippen molar-refractivity contribution in [3.63, 3.8) is 0 Å². The van der Waals surface area contributed by atoms with E-state index in [1.54, 1.807) is 6.07 Å². The van der Waals surface area contributed by atoms with Gasteiger partial charge >= 0.3 is 0 Å².